The Morgan fingerprint density at radius 3 is 2.81 bits per heavy atom. The number of hydrogen-bond acceptors (Lipinski definition) is 6. The van der Waals surface area contributed by atoms with Crippen LogP contribution in [0.3, 0.4) is 0 Å². The molecule has 26 heavy (non-hydrogen) atoms. The molecule has 0 saturated carbocycles. The van der Waals surface area contributed by atoms with Gasteiger partial charge in [0.05, 0.1) is 6.61 Å². The second-order valence-corrected chi connectivity index (χ2v) is 7.33. The fraction of sp³-hybridized carbons (Fsp3) is 0.529. The number of nitrogens with one attached hydrogen (secondary N) is 1. The SMILES string of the molecule is CN1CCN(Cc2cccc(OCCCNC3=NS(=O)N=C3N)c2)CC1. The van der Waals surface area contributed by atoms with Crippen molar-refractivity contribution in [1.82, 2.24) is 15.1 Å². The summed E-state index contributed by atoms with van der Waals surface area (Å²) in [7, 11) is 2.17. The maximum absolute atomic E-state index is 11.1. The van der Waals surface area contributed by atoms with Gasteiger partial charge in [-0.05, 0) is 31.2 Å². The van der Waals surface area contributed by atoms with Crippen molar-refractivity contribution in [3.05, 3.63) is 29.8 Å². The molecule has 1 aromatic rings. The van der Waals surface area contributed by atoms with E-state index in [9.17, 15) is 4.21 Å². The summed E-state index contributed by atoms with van der Waals surface area (Å²) in [6, 6.07) is 8.28. The average Bonchev–Trinajstić information content (AvgIpc) is 2.94. The Morgan fingerprint density at radius 1 is 1.27 bits per heavy atom. The van der Waals surface area contributed by atoms with Crippen LogP contribution in [0.25, 0.3) is 0 Å². The van der Waals surface area contributed by atoms with E-state index in [2.05, 4.69) is 43.1 Å². The zero-order chi connectivity index (χ0) is 18.4. The van der Waals surface area contributed by atoms with E-state index in [0.29, 0.717) is 19.0 Å². The van der Waals surface area contributed by atoms with Gasteiger partial charge in [0.25, 0.3) is 11.2 Å². The quantitative estimate of drug-likeness (QED) is 0.656. The van der Waals surface area contributed by atoms with Gasteiger partial charge in [0.2, 0.25) is 0 Å². The highest BCUT2D eigenvalue weighted by molar-refractivity contribution is 7.83. The number of rotatable bonds is 7. The molecule has 8 nitrogen and oxygen atoms in total. The van der Waals surface area contributed by atoms with E-state index >= 15 is 0 Å². The number of ether oxygens (including phenoxy) is 1. The number of nitrogens with zero attached hydrogens (tertiary/aromatic N) is 4. The molecule has 142 valence electrons. The van der Waals surface area contributed by atoms with Gasteiger partial charge in [-0.25, -0.2) is 4.21 Å². The van der Waals surface area contributed by atoms with E-state index in [0.717, 1.165) is 44.9 Å². The summed E-state index contributed by atoms with van der Waals surface area (Å²) in [5.41, 5.74) is 6.88. The normalized spacial score (nSPS) is 21.3. The van der Waals surface area contributed by atoms with Crippen molar-refractivity contribution in [3.63, 3.8) is 0 Å². The van der Waals surface area contributed by atoms with Crippen molar-refractivity contribution in [3.8, 4) is 5.75 Å². The maximum Gasteiger partial charge on any atom is 0.269 e. The molecule has 0 radical (unpaired) electrons. The lowest BCUT2D eigenvalue weighted by molar-refractivity contribution is 0.148. The molecule has 2 heterocycles. The summed E-state index contributed by atoms with van der Waals surface area (Å²) >= 11 is -1.58. The fourth-order valence-corrected chi connectivity index (χ4v) is 3.47. The standard InChI is InChI=1S/C17H26N6O2S/c1-22-7-9-23(10-8-22)13-14-4-2-5-15(12-14)25-11-3-6-19-17-16(18)20-26(24)21-17/h2,4-5,12H,3,6-11,13H2,1H3,(H2,18,20)(H,19,21). The van der Waals surface area contributed by atoms with Gasteiger partial charge in [-0.15, -0.1) is 8.80 Å². The monoisotopic (exact) mass is 378 g/mol. The zero-order valence-corrected chi connectivity index (χ0v) is 15.9. The summed E-state index contributed by atoms with van der Waals surface area (Å²) in [5.74, 6) is 1.48. The van der Waals surface area contributed by atoms with Gasteiger partial charge in [-0.3, -0.25) is 4.90 Å². The van der Waals surface area contributed by atoms with E-state index in [1.54, 1.807) is 0 Å². The molecule has 2 aliphatic heterocycles. The highest BCUT2D eigenvalue weighted by atomic mass is 32.2. The van der Waals surface area contributed by atoms with Crippen molar-refractivity contribution in [2.24, 2.45) is 14.5 Å². The van der Waals surface area contributed by atoms with Crippen LogP contribution in [0.1, 0.15) is 12.0 Å². The number of nitrogens with two attached hydrogens (primary N) is 1. The summed E-state index contributed by atoms with van der Waals surface area (Å²) in [6.45, 7) is 6.63. The van der Waals surface area contributed by atoms with Crippen molar-refractivity contribution < 1.29 is 8.95 Å². The molecular weight excluding hydrogens is 352 g/mol. The second-order valence-electron chi connectivity index (χ2n) is 6.50. The molecule has 0 aromatic heterocycles. The van der Waals surface area contributed by atoms with Crippen molar-refractivity contribution in [2.45, 2.75) is 13.0 Å². The van der Waals surface area contributed by atoms with E-state index in [1.807, 2.05) is 12.1 Å². The number of piperazine rings is 1. The third kappa shape index (κ3) is 5.52. The molecule has 3 N–H and O–H groups in total. The highest BCUT2D eigenvalue weighted by Crippen LogP contribution is 2.16. The molecule has 0 amide bonds. The molecule has 1 unspecified atom stereocenters. The van der Waals surface area contributed by atoms with Crippen LogP contribution in [0.5, 0.6) is 5.75 Å². The predicted octanol–water partition coefficient (Wildman–Crippen LogP) is 0.141. The van der Waals surface area contributed by atoms with Crippen molar-refractivity contribution >= 4 is 22.8 Å². The molecule has 0 bridgehead atoms. The van der Waals surface area contributed by atoms with Crippen LogP contribution in [-0.4, -0.2) is 72.1 Å². The second kappa shape index (κ2) is 9.11. The topological polar surface area (TPSA) is 95.5 Å². The largest absolute Gasteiger partial charge is 0.494 e. The van der Waals surface area contributed by atoms with Gasteiger partial charge in [0, 0.05) is 39.3 Å². The number of likely N-dealkylation sites (N-methyl/N-ethyl adjacent to an activating group) is 1. The first-order valence-electron chi connectivity index (χ1n) is 8.82. The Balaban J connectivity index is 1.38. The minimum Gasteiger partial charge on any atom is -0.494 e. The summed E-state index contributed by atoms with van der Waals surface area (Å²) in [6.07, 6.45) is 0.779. The molecule has 1 aromatic carbocycles. The fourth-order valence-electron chi connectivity index (χ4n) is 2.86. The zero-order valence-electron chi connectivity index (χ0n) is 15.1. The van der Waals surface area contributed by atoms with Crippen LogP contribution in [0, 0.1) is 0 Å². The Morgan fingerprint density at radius 2 is 2.08 bits per heavy atom. The van der Waals surface area contributed by atoms with E-state index in [4.69, 9.17) is 10.5 Å². The van der Waals surface area contributed by atoms with Crippen LogP contribution >= 0.6 is 0 Å². The van der Waals surface area contributed by atoms with Gasteiger partial charge < -0.3 is 20.7 Å². The first-order valence-corrected chi connectivity index (χ1v) is 9.88. The lowest BCUT2D eigenvalue weighted by atomic mass is 10.2. The average molecular weight is 379 g/mol. The van der Waals surface area contributed by atoms with Crippen LogP contribution < -0.4 is 15.8 Å². The third-order valence-electron chi connectivity index (χ3n) is 4.37. The van der Waals surface area contributed by atoms with Gasteiger partial charge in [0.1, 0.15) is 5.75 Å². The summed E-state index contributed by atoms with van der Waals surface area (Å²) < 4.78 is 24.4. The van der Waals surface area contributed by atoms with E-state index in [-0.39, 0.29) is 5.84 Å². The highest BCUT2D eigenvalue weighted by Gasteiger charge is 2.15. The molecule has 2 aliphatic rings. The lowest BCUT2D eigenvalue weighted by Gasteiger charge is -2.32. The van der Waals surface area contributed by atoms with Crippen molar-refractivity contribution in [2.75, 3.05) is 46.4 Å². The molecule has 3 rings (SSSR count). The summed E-state index contributed by atoms with van der Waals surface area (Å²) in [4.78, 5) is 4.83. The maximum atomic E-state index is 11.1. The lowest BCUT2D eigenvalue weighted by Crippen LogP contribution is -2.43. The first kappa shape index (κ1) is 18.8. The van der Waals surface area contributed by atoms with Crippen LogP contribution in [0.2, 0.25) is 0 Å². The first-order chi connectivity index (χ1) is 12.6. The Hall–Kier alpha value is -1.97. The minimum absolute atomic E-state index is 0.195. The molecule has 1 atom stereocenters. The number of amidine groups is 2. The van der Waals surface area contributed by atoms with Crippen LogP contribution in [0.15, 0.2) is 33.1 Å². The minimum atomic E-state index is -1.58. The Bertz CT molecular complexity index is 700. The van der Waals surface area contributed by atoms with Gasteiger partial charge in [-0.2, -0.15) is 0 Å². The van der Waals surface area contributed by atoms with Gasteiger partial charge in [0.15, 0.2) is 11.7 Å². The van der Waals surface area contributed by atoms with Gasteiger partial charge >= 0.3 is 0 Å². The molecule has 0 aliphatic carbocycles. The molecule has 1 fully saturated rings. The van der Waals surface area contributed by atoms with E-state index < -0.39 is 11.2 Å². The molecule has 0 spiro atoms. The van der Waals surface area contributed by atoms with Gasteiger partial charge in [-0.1, -0.05) is 12.1 Å². The number of benzene rings is 1. The van der Waals surface area contributed by atoms with Crippen LogP contribution in [-0.2, 0) is 17.7 Å². The summed E-state index contributed by atoms with van der Waals surface area (Å²) in [5, 5.41) is 3.03. The Kier molecular flexibility index (Phi) is 6.59. The van der Waals surface area contributed by atoms with Crippen molar-refractivity contribution in [1.29, 1.82) is 0 Å². The molecular formula is C17H26N6O2S. The molecule has 9 heteroatoms. The Labute approximate surface area is 156 Å². The van der Waals surface area contributed by atoms with Crippen LogP contribution in [0.4, 0.5) is 0 Å². The number of hydrogen-bond donors (Lipinski definition) is 2. The smallest absolute Gasteiger partial charge is 0.269 e. The third-order valence-corrected chi connectivity index (χ3v) is 5.06. The van der Waals surface area contributed by atoms with E-state index in [1.165, 1.54) is 5.56 Å². The molecule has 1 saturated heterocycles. The predicted molar refractivity (Wildman–Crippen MR) is 105 cm³/mol.